The first-order chi connectivity index (χ1) is 18.5. The molecule has 2 aromatic heterocycles. The van der Waals surface area contributed by atoms with Gasteiger partial charge in [0.15, 0.2) is 0 Å². The third-order valence-corrected chi connectivity index (χ3v) is 7.07. The van der Waals surface area contributed by atoms with Crippen LogP contribution in [0.25, 0.3) is 28.6 Å². The molecule has 3 N–H and O–H groups in total. The van der Waals surface area contributed by atoms with E-state index in [1.54, 1.807) is 27.3 Å². The van der Waals surface area contributed by atoms with Gasteiger partial charge in [0.1, 0.15) is 5.82 Å². The molecule has 0 amide bonds. The zero-order valence-corrected chi connectivity index (χ0v) is 22.8. The third kappa shape index (κ3) is 6.04. The van der Waals surface area contributed by atoms with Crippen molar-refractivity contribution in [1.29, 1.82) is 0 Å². The second-order valence-corrected chi connectivity index (χ2v) is 10.7. The molecule has 39 heavy (non-hydrogen) atoms. The predicted molar refractivity (Wildman–Crippen MR) is 148 cm³/mol. The molecule has 0 radical (unpaired) electrons. The standard InChI is InChI=1S/C30H36FN3O5/c1-17(2)28-24(12-11-21(35)14-22(36)15-26(37)38)27(19-7-9-20(31)10-8-19)23-6-5-13-33-25(29(23)32-28)16-34(18(3)4)30(33)39/h7-12,16-18,21-22,35-36H,5-6,13-15H2,1-4H3,(H,37,38)/t21-,22-/m1/s1. The number of benzene rings is 1. The Morgan fingerprint density at radius 2 is 1.85 bits per heavy atom. The van der Waals surface area contributed by atoms with E-state index in [0.717, 1.165) is 39.3 Å². The van der Waals surface area contributed by atoms with Crippen molar-refractivity contribution in [3.05, 3.63) is 69.7 Å². The van der Waals surface area contributed by atoms with Gasteiger partial charge in [-0.1, -0.05) is 38.1 Å². The third-order valence-electron chi connectivity index (χ3n) is 7.07. The summed E-state index contributed by atoms with van der Waals surface area (Å²) < 4.78 is 17.4. The molecule has 0 spiro atoms. The van der Waals surface area contributed by atoms with Crippen LogP contribution in [-0.4, -0.2) is 47.6 Å². The van der Waals surface area contributed by atoms with Gasteiger partial charge in [0.25, 0.3) is 0 Å². The van der Waals surface area contributed by atoms with Crippen molar-refractivity contribution in [2.45, 2.75) is 84.1 Å². The van der Waals surface area contributed by atoms with Crippen molar-refractivity contribution >= 4 is 12.0 Å². The number of fused-ring (bicyclic) bond motifs is 3. The largest absolute Gasteiger partial charge is 0.481 e. The maximum absolute atomic E-state index is 13.9. The van der Waals surface area contributed by atoms with E-state index in [0.29, 0.717) is 19.4 Å². The number of pyridine rings is 1. The van der Waals surface area contributed by atoms with Gasteiger partial charge in [-0.2, -0.15) is 0 Å². The Hall–Kier alpha value is -3.56. The van der Waals surface area contributed by atoms with Crippen molar-refractivity contribution in [3.8, 4) is 22.5 Å². The van der Waals surface area contributed by atoms with E-state index in [1.807, 2.05) is 33.9 Å². The molecular formula is C30H36FN3O5. The summed E-state index contributed by atoms with van der Waals surface area (Å²) >= 11 is 0. The van der Waals surface area contributed by atoms with E-state index in [2.05, 4.69) is 0 Å². The van der Waals surface area contributed by atoms with Crippen LogP contribution in [0.2, 0.25) is 0 Å². The fourth-order valence-corrected chi connectivity index (χ4v) is 5.21. The molecule has 3 heterocycles. The van der Waals surface area contributed by atoms with E-state index < -0.39 is 24.6 Å². The highest BCUT2D eigenvalue weighted by molar-refractivity contribution is 5.84. The molecule has 1 aliphatic heterocycles. The lowest BCUT2D eigenvalue weighted by atomic mass is 9.87. The first-order valence-corrected chi connectivity index (χ1v) is 13.4. The number of aliphatic hydroxyl groups excluding tert-OH is 2. The maximum Gasteiger partial charge on any atom is 0.328 e. The minimum absolute atomic E-state index is 0.0123. The molecule has 0 aliphatic carbocycles. The molecule has 1 aliphatic rings. The maximum atomic E-state index is 13.9. The van der Waals surface area contributed by atoms with Gasteiger partial charge < -0.3 is 15.3 Å². The lowest BCUT2D eigenvalue weighted by Gasteiger charge is -2.21. The average Bonchev–Trinajstić information content (AvgIpc) is 3.07. The summed E-state index contributed by atoms with van der Waals surface area (Å²) in [4.78, 5) is 29.2. The number of carboxylic acids is 1. The summed E-state index contributed by atoms with van der Waals surface area (Å²) in [6.45, 7) is 8.50. The summed E-state index contributed by atoms with van der Waals surface area (Å²) in [5, 5.41) is 29.5. The Kier molecular flexibility index (Phi) is 8.51. The van der Waals surface area contributed by atoms with Crippen LogP contribution in [0.3, 0.4) is 0 Å². The van der Waals surface area contributed by atoms with Crippen molar-refractivity contribution in [2.75, 3.05) is 0 Å². The summed E-state index contributed by atoms with van der Waals surface area (Å²) in [6.07, 6.45) is 3.68. The number of aromatic nitrogens is 3. The molecular weight excluding hydrogens is 501 g/mol. The quantitative estimate of drug-likeness (QED) is 0.362. The first-order valence-electron chi connectivity index (χ1n) is 13.4. The first kappa shape index (κ1) is 28.4. The number of carbonyl (C=O) groups is 1. The van der Waals surface area contributed by atoms with E-state index in [-0.39, 0.29) is 29.9 Å². The average molecular weight is 538 g/mol. The zero-order valence-electron chi connectivity index (χ0n) is 22.8. The molecule has 3 aromatic rings. The van der Waals surface area contributed by atoms with Gasteiger partial charge >= 0.3 is 11.7 Å². The Balaban J connectivity index is 1.94. The van der Waals surface area contributed by atoms with E-state index in [4.69, 9.17) is 10.1 Å². The lowest BCUT2D eigenvalue weighted by Crippen LogP contribution is -2.25. The summed E-state index contributed by atoms with van der Waals surface area (Å²) in [6, 6.07) is 6.24. The molecule has 208 valence electrons. The predicted octanol–water partition coefficient (Wildman–Crippen LogP) is 4.77. The number of aliphatic carboxylic acids is 1. The van der Waals surface area contributed by atoms with E-state index in [1.165, 1.54) is 18.2 Å². The summed E-state index contributed by atoms with van der Waals surface area (Å²) in [7, 11) is 0. The number of hydrogen-bond acceptors (Lipinski definition) is 5. The fraction of sp³-hybridized carbons (Fsp3) is 0.433. The molecule has 2 atom stereocenters. The second kappa shape index (κ2) is 11.7. The normalized spacial score (nSPS) is 14.9. The number of rotatable bonds is 9. The lowest BCUT2D eigenvalue weighted by molar-refractivity contribution is -0.139. The van der Waals surface area contributed by atoms with Crippen LogP contribution in [0.1, 0.15) is 75.7 Å². The molecule has 0 saturated carbocycles. The Bertz CT molecular complexity index is 1440. The van der Waals surface area contributed by atoms with Crippen molar-refractivity contribution in [1.82, 2.24) is 14.1 Å². The zero-order chi connectivity index (χ0) is 28.4. The van der Waals surface area contributed by atoms with Crippen molar-refractivity contribution in [3.63, 3.8) is 0 Å². The van der Waals surface area contributed by atoms with Crippen LogP contribution < -0.4 is 5.69 Å². The molecule has 1 aromatic carbocycles. The van der Waals surface area contributed by atoms with Gasteiger partial charge in [0.2, 0.25) is 0 Å². The fourth-order valence-electron chi connectivity index (χ4n) is 5.21. The monoisotopic (exact) mass is 537 g/mol. The summed E-state index contributed by atoms with van der Waals surface area (Å²) in [5.74, 6) is -1.52. The topological polar surface area (TPSA) is 118 Å². The van der Waals surface area contributed by atoms with Crippen molar-refractivity contribution in [2.24, 2.45) is 0 Å². The smallest absolute Gasteiger partial charge is 0.328 e. The number of imidazole rings is 1. The number of carboxylic acid groups (broad SMARTS) is 1. The van der Waals surface area contributed by atoms with E-state index >= 15 is 0 Å². The van der Waals surface area contributed by atoms with Gasteiger partial charge in [-0.3, -0.25) is 13.9 Å². The Morgan fingerprint density at radius 3 is 2.46 bits per heavy atom. The van der Waals surface area contributed by atoms with Crippen LogP contribution in [0, 0.1) is 5.82 Å². The number of aliphatic hydroxyl groups is 2. The molecule has 4 rings (SSSR count). The highest BCUT2D eigenvalue weighted by Gasteiger charge is 2.27. The number of nitrogens with zero attached hydrogens (tertiary/aromatic N) is 3. The SMILES string of the molecule is CC(C)c1nc2c(c(-c3ccc(F)cc3)c1C=C[C@@H](O)C[C@@H](O)CC(=O)O)CCCn1c-2cn(C(C)C)c1=O. The van der Waals surface area contributed by atoms with Crippen LogP contribution in [0.15, 0.2) is 41.3 Å². The van der Waals surface area contributed by atoms with Crippen LogP contribution in [0.4, 0.5) is 4.39 Å². The Morgan fingerprint density at radius 1 is 1.15 bits per heavy atom. The molecule has 0 unspecified atom stereocenters. The molecule has 0 saturated heterocycles. The minimum atomic E-state index is -1.19. The van der Waals surface area contributed by atoms with Crippen molar-refractivity contribution < 1.29 is 24.5 Å². The van der Waals surface area contributed by atoms with Gasteiger partial charge in [0, 0.05) is 30.8 Å². The number of halogens is 1. The highest BCUT2D eigenvalue weighted by Crippen LogP contribution is 2.40. The van der Waals surface area contributed by atoms with Crippen LogP contribution >= 0.6 is 0 Å². The van der Waals surface area contributed by atoms with Crippen LogP contribution in [0.5, 0.6) is 0 Å². The van der Waals surface area contributed by atoms with Gasteiger partial charge in [-0.05, 0) is 61.4 Å². The highest BCUT2D eigenvalue weighted by atomic mass is 19.1. The summed E-state index contributed by atoms with van der Waals surface area (Å²) in [5.41, 5.74) is 5.50. The molecule has 0 fully saturated rings. The number of hydrogen-bond donors (Lipinski definition) is 3. The second-order valence-electron chi connectivity index (χ2n) is 10.7. The van der Waals surface area contributed by atoms with Gasteiger partial charge in [0.05, 0.1) is 35.7 Å². The molecule has 0 bridgehead atoms. The molecule has 8 nitrogen and oxygen atoms in total. The minimum Gasteiger partial charge on any atom is -0.481 e. The van der Waals surface area contributed by atoms with Gasteiger partial charge in [-0.15, -0.1) is 0 Å². The molecule has 9 heteroatoms. The van der Waals surface area contributed by atoms with Gasteiger partial charge in [-0.25, -0.2) is 14.2 Å². The van der Waals surface area contributed by atoms with Crippen LogP contribution in [-0.2, 0) is 17.8 Å². The Labute approximate surface area is 227 Å². The van der Waals surface area contributed by atoms with E-state index in [9.17, 15) is 24.2 Å².